The molecule has 108 valence electrons. The van der Waals surface area contributed by atoms with E-state index in [2.05, 4.69) is 35.4 Å². The maximum Gasteiger partial charge on any atom is 0.167 e. The second-order valence-electron chi connectivity index (χ2n) is 5.50. The van der Waals surface area contributed by atoms with Crippen LogP contribution in [0.25, 0.3) is 0 Å². The first-order valence-corrected chi connectivity index (χ1v) is 7.85. The van der Waals surface area contributed by atoms with Gasteiger partial charge in [0.15, 0.2) is 5.82 Å². The van der Waals surface area contributed by atoms with E-state index in [1.165, 1.54) is 38.5 Å². The van der Waals surface area contributed by atoms with E-state index in [0.717, 1.165) is 24.1 Å². The SMILES string of the molecule is CCc1nnc(NC2CCCCCC2)c(C#N)c1CC. The monoisotopic (exact) mass is 272 g/mol. The summed E-state index contributed by atoms with van der Waals surface area (Å²) in [7, 11) is 0. The van der Waals surface area contributed by atoms with E-state index in [1.54, 1.807) is 0 Å². The molecule has 0 aromatic carbocycles. The van der Waals surface area contributed by atoms with Crippen LogP contribution in [0.3, 0.4) is 0 Å². The fraction of sp³-hybridized carbons (Fsp3) is 0.688. The summed E-state index contributed by atoms with van der Waals surface area (Å²) < 4.78 is 0. The number of hydrogen-bond acceptors (Lipinski definition) is 4. The van der Waals surface area contributed by atoms with Crippen molar-refractivity contribution in [2.45, 2.75) is 71.3 Å². The molecule has 2 rings (SSSR count). The first-order chi connectivity index (χ1) is 9.80. The largest absolute Gasteiger partial charge is 0.365 e. The molecule has 0 radical (unpaired) electrons. The van der Waals surface area contributed by atoms with Crippen LogP contribution in [-0.4, -0.2) is 16.2 Å². The molecule has 20 heavy (non-hydrogen) atoms. The maximum absolute atomic E-state index is 9.48. The summed E-state index contributed by atoms with van der Waals surface area (Å²) in [5.41, 5.74) is 2.71. The summed E-state index contributed by atoms with van der Waals surface area (Å²) in [6.07, 6.45) is 9.18. The summed E-state index contributed by atoms with van der Waals surface area (Å²) in [6, 6.07) is 2.77. The smallest absolute Gasteiger partial charge is 0.167 e. The van der Waals surface area contributed by atoms with E-state index in [-0.39, 0.29) is 0 Å². The first-order valence-electron chi connectivity index (χ1n) is 7.85. The lowest BCUT2D eigenvalue weighted by Gasteiger charge is -2.19. The number of aryl methyl sites for hydroxylation is 1. The molecule has 0 bridgehead atoms. The van der Waals surface area contributed by atoms with E-state index >= 15 is 0 Å². The highest BCUT2D eigenvalue weighted by molar-refractivity contribution is 5.56. The highest BCUT2D eigenvalue weighted by atomic mass is 15.2. The lowest BCUT2D eigenvalue weighted by atomic mass is 10.0. The van der Waals surface area contributed by atoms with E-state index in [0.29, 0.717) is 17.4 Å². The molecule has 1 N–H and O–H groups in total. The van der Waals surface area contributed by atoms with Crippen LogP contribution in [0.15, 0.2) is 0 Å². The Bertz CT molecular complexity index is 482. The molecule has 4 nitrogen and oxygen atoms in total. The quantitative estimate of drug-likeness (QED) is 0.851. The lowest BCUT2D eigenvalue weighted by Crippen LogP contribution is -2.21. The summed E-state index contributed by atoms with van der Waals surface area (Å²) in [5.74, 6) is 0.688. The van der Waals surface area contributed by atoms with Crippen molar-refractivity contribution < 1.29 is 0 Å². The fourth-order valence-electron chi connectivity index (χ4n) is 3.01. The lowest BCUT2D eigenvalue weighted by molar-refractivity contribution is 0.615. The molecule has 0 unspecified atom stereocenters. The molecule has 0 spiro atoms. The Morgan fingerprint density at radius 3 is 2.35 bits per heavy atom. The Morgan fingerprint density at radius 2 is 1.80 bits per heavy atom. The van der Waals surface area contributed by atoms with Gasteiger partial charge < -0.3 is 5.32 Å². The van der Waals surface area contributed by atoms with Gasteiger partial charge in [-0.1, -0.05) is 39.5 Å². The topological polar surface area (TPSA) is 61.6 Å². The molecule has 1 aromatic heterocycles. The standard InChI is InChI=1S/C16H24N4/c1-3-13-14(11-17)16(20-19-15(13)4-2)18-12-9-7-5-6-8-10-12/h12H,3-10H2,1-2H3,(H,18,20). The molecule has 0 saturated heterocycles. The van der Waals surface area contributed by atoms with Gasteiger partial charge in [-0.05, 0) is 31.2 Å². The fourth-order valence-corrected chi connectivity index (χ4v) is 3.01. The van der Waals surface area contributed by atoms with Gasteiger partial charge in [0.1, 0.15) is 11.6 Å². The predicted molar refractivity (Wildman–Crippen MR) is 80.6 cm³/mol. The number of nitrogens with zero attached hydrogens (tertiary/aromatic N) is 3. The minimum Gasteiger partial charge on any atom is -0.365 e. The summed E-state index contributed by atoms with van der Waals surface area (Å²) >= 11 is 0. The van der Waals surface area contributed by atoms with Gasteiger partial charge in [0, 0.05) is 6.04 Å². The predicted octanol–water partition coefficient (Wildman–Crippen LogP) is 3.61. The van der Waals surface area contributed by atoms with E-state index in [1.807, 2.05) is 0 Å². The second kappa shape index (κ2) is 7.23. The van der Waals surface area contributed by atoms with Gasteiger partial charge in [-0.15, -0.1) is 5.10 Å². The van der Waals surface area contributed by atoms with Crippen molar-refractivity contribution in [1.29, 1.82) is 5.26 Å². The van der Waals surface area contributed by atoms with Gasteiger partial charge in [0.05, 0.1) is 5.69 Å². The number of anilines is 1. The Balaban J connectivity index is 2.25. The average Bonchev–Trinajstić information content (AvgIpc) is 2.75. The highest BCUT2D eigenvalue weighted by Crippen LogP contribution is 2.24. The number of nitrogens with one attached hydrogen (secondary N) is 1. The summed E-state index contributed by atoms with van der Waals surface area (Å²) in [6.45, 7) is 4.13. The molecule has 1 fully saturated rings. The van der Waals surface area contributed by atoms with Gasteiger partial charge >= 0.3 is 0 Å². The first kappa shape index (κ1) is 14.8. The van der Waals surface area contributed by atoms with E-state index in [4.69, 9.17) is 0 Å². The molecule has 1 saturated carbocycles. The number of nitriles is 1. The normalized spacial score (nSPS) is 16.4. The van der Waals surface area contributed by atoms with E-state index in [9.17, 15) is 5.26 Å². The molecule has 1 aliphatic carbocycles. The second-order valence-corrected chi connectivity index (χ2v) is 5.50. The average molecular weight is 272 g/mol. The van der Waals surface area contributed by atoms with Crippen molar-refractivity contribution in [3.8, 4) is 6.07 Å². The van der Waals surface area contributed by atoms with Crippen molar-refractivity contribution in [1.82, 2.24) is 10.2 Å². The maximum atomic E-state index is 9.48. The van der Waals surface area contributed by atoms with Crippen LogP contribution in [-0.2, 0) is 12.8 Å². The minimum atomic E-state index is 0.441. The van der Waals surface area contributed by atoms with Crippen molar-refractivity contribution in [3.05, 3.63) is 16.8 Å². The molecular weight excluding hydrogens is 248 g/mol. The van der Waals surface area contributed by atoms with Crippen LogP contribution in [0.4, 0.5) is 5.82 Å². The molecule has 0 atom stereocenters. The number of hydrogen-bond donors (Lipinski definition) is 1. The van der Waals surface area contributed by atoms with Crippen molar-refractivity contribution in [2.24, 2.45) is 0 Å². The molecule has 1 heterocycles. The highest BCUT2D eigenvalue weighted by Gasteiger charge is 2.18. The third-order valence-corrected chi connectivity index (χ3v) is 4.15. The van der Waals surface area contributed by atoms with Crippen LogP contribution < -0.4 is 5.32 Å². The van der Waals surface area contributed by atoms with Gasteiger partial charge in [0.2, 0.25) is 0 Å². The Hall–Kier alpha value is -1.63. The van der Waals surface area contributed by atoms with Gasteiger partial charge in [-0.25, -0.2) is 0 Å². The Morgan fingerprint density at radius 1 is 1.10 bits per heavy atom. The van der Waals surface area contributed by atoms with Crippen molar-refractivity contribution in [3.63, 3.8) is 0 Å². The summed E-state index contributed by atoms with van der Waals surface area (Å²) in [5, 5.41) is 21.5. The van der Waals surface area contributed by atoms with Gasteiger partial charge in [0.25, 0.3) is 0 Å². The molecule has 1 aromatic rings. The zero-order chi connectivity index (χ0) is 14.4. The van der Waals surface area contributed by atoms with Crippen molar-refractivity contribution in [2.75, 3.05) is 5.32 Å². The zero-order valence-electron chi connectivity index (χ0n) is 12.6. The summed E-state index contributed by atoms with van der Waals surface area (Å²) in [4.78, 5) is 0. The minimum absolute atomic E-state index is 0.441. The third kappa shape index (κ3) is 3.27. The van der Waals surface area contributed by atoms with Crippen LogP contribution in [0.5, 0.6) is 0 Å². The number of aromatic nitrogens is 2. The van der Waals surface area contributed by atoms with Crippen LogP contribution in [0.2, 0.25) is 0 Å². The van der Waals surface area contributed by atoms with Crippen LogP contribution >= 0.6 is 0 Å². The molecule has 0 aliphatic heterocycles. The molecule has 4 heteroatoms. The zero-order valence-corrected chi connectivity index (χ0v) is 12.6. The van der Waals surface area contributed by atoms with Crippen LogP contribution in [0.1, 0.15) is 69.2 Å². The Labute approximate surface area is 121 Å². The molecule has 0 amide bonds. The van der Waals surface area contributed by atoms with Gasteiger partial charge in [-0.2, -0.15) is 10.4 Å². The van der Waals surface area contributed by atoms with E-state index < -0.39 is 0 Å². The molecule has 1 aliphatic rings. The van der Waals surface area contributed by atoms with Crippen molar-refractivity contribution >= 4 is 5.82 Å². The molecular formula is C16H24N4. The Kier molecular flexibility index (Phi) is 5.34. The third-order valence-electron chi connectivity index (χ3n) is 4.15. The number of rotatable bonds is 4. The van der Waals surface area contributed by atoms with Gasteiger partial charge in [-0.3, -0.25) is 0 Å². The van der Waals surface area contributed by atoms with Crippen LogP contribution in [0, 0.1) is 11.3 Å².